The lowest BCUT2D eigenvalue weighted by Gasteiger charge is -2.11. The van der Waals surface area contributed by atoms with E-state index < -0.39 is 27.8 Å². The summed E-state index contributed by atoms with van der Waals surface area (Å²) in [4.78, 5) is 24.7. The molecule has 2 aromatic carbocycles. The van der Waals surface area contributed by atoms with Crippen LogP contribution in [-0.2, 0) is 21.2 Å². The molecule has 1 amide bonds. The zero-order chi connectivity index (χ0) is 22.6. The standard InChI is InChI=1S/C21H21N3O6S/c1-14-4-6-18(7-5-14)31(27,28)20-8-9-21(26)24(23-20)13-19(25)22-15-10-16(29-2)12-17(11-15)30-3/h4-12H,13H2,1-3H3,(H,22,25). The average Bonchev–Trinajstić information content (AvgIpc) is 2.75. The van der Waals surface area contributed by atoms with Crippen molar-refractivity contribution in [3.8, 4) is 11.5 Å². The quantitative estimate of drug-likeness (QED) is 0.594. The Morgan fingerprint density at radius 2 is 1.61 bits per heavy atom. The molecule has 0 aliphatic rings. The number of nitrogens with one attached hydrogen (secondary N) is 1. The molecule has 3 aromatic rings. The molecule has 3 rings (SSSR count). The maximum absolute atomic E-state index is 12.8. The van der Waals surface area contributed by atoms with Crippen LogP contribution in [-0.4, -0.2) is 38.3 Å². The van der Waals surface area contributed by atoms with Crippen LogP contribution in [0, 0.1) is 6.92 Å². The van der Waals surface area contributed by atoms with Crippen molar-refractivity contribution in [2.24, 2.45) is 0 Å². The summed E-state index contributed by atoms with van der Waals surface area (Å²) < 4.78 is 36.7. The fraction of sp³-hybridized carbons (Fsp3) is 0.190. The van der Waals surface area contributed by atoms with Crippen LogP contribution in [0.5, 0.6) is 11.5 Å². The third-order valence-electron chi connectivity index (χ3n) is 4.38. The van der Waals surface area contributed by atoms with Crippen LogP contribution in [0.3, 0.4) is 0 Å². The summed E-state index contributed by atoms with van der Waals surface area (Å²) in [5.41, 5.74) is 0.682. The highest BCUT2D eigenvalue weighted by Gasteiger charge is 2.21. The lowest BCUT2D eigenvalue weighted by atomic mass is 10.2. The van der Waals surface area contributed by atoms with Gasteiger partial charge < -0.3 is 14.8 Å². The van der Waals surface area contributed by atoms with E-state index >= 15 is 0 Å². The summed E-state index contributed by atoms with van der Waals surface area (Å²) >= 11 is 0. The Morgan fingerprint density at radius 3 is 2.19 bits per heavy atom. The number of methoxy groups -OCH3 is 2. The molecule has 0 aliphatic carbocycles. The number of rotatable bonds is 7. The van der Waals surface area contributed by atoms with Gasteiger partial charge in [-0.2, -0.15) is 5.10 Å². The van der Waals surface area contributed by atoms with Crippen molar-refractivity contribution in [1.29, 1.82) is 0 Å². The van der Waals surface area contributed by atoms with Gasteiger partial charge in [0.25, 0.3) is 5.56 Å². The number of hydrogen-bond acceptors (Lipinski definition) is 7. The van der Waals surface area contributed by atoms with Crippen molar-refractivity contribution in [3.63, 3.8) is 0 Å². The van der Waals surface area contributed by atoms with Crippen LogP contribution in [0.2, 0.25) is 0 Å². The molecule has 0 aliphatic heterocycles. The average molecular weight is 443 g/mol. The van der Waals surface area contributed by atoms with Crippen LogP contribution in [0.25, 0.3) is 0 Å². The number of carbonyl (C=O) groups is 1. The Balaban J connectivity index is 1.85. The predicted octanol–water partition coefficient (Wildman–Crippen LogP) is 2.04. The van der Waals surface area contributed by atoms with E-state index in [0.29, 0.717) is 17.2 Å². The van der Waals surface area contributed by atoms with Crippen molar-refractivity contribution in [1.82, 2.24) is 9.78 Å². The molecule has 162 valence electrons. The molecular formula is C21H21N3O6S. The normalized spacial score (nSPS) is 11.1. The van der Waals surface area contributed by atoms with Gasteiger partial charge in [0.15, 0.2) is 5.03 Å². The second kappa shape index (κ2) is 9.00. The SMILES string of the molecule is COc1cc(NC(=O)Cn2nc(S(=O)(=O)c3ccc(C)cc3)ccc2=O)cc(OC)c1. The number of amides is 1. The molecule has 1 aromatic heterocycles. The summed E-state index contributed by atoms with van der Waals surface area (Å²) in [5.74, 6) is 0.363. The second-order valence-electron chi connectivity index (χ2n) is 6.63. The fourth-order valence-corrected chi connectivity index (χ4v) is 3.93. The number of nitrogens with zero attached hydrogens (tertiary/aromatic N) is 2. The number of aromatic nitrogens is 2. The molecule has 0 spiro atoms. The van der Waals surface area contributed by atoms with Gasteiger partial charge in [-0.15, -0.1) is 0 Å². The monoisotopic (exact) mass is 443 g/mol. The van der Waals surface area contributed by atoms with Gasteiger partial charge >= 0.3 is 0 Å². The van der Waals surface area contributed by atoms with Gasteiger partial charge in [-0.05, 0) is 25.1 Å². The Bertz CT molecular complexity index is 1240. The molecule has 0 radical (unpaired) electrons. The topological polar surface area (TPSA) is 117 Å². The minimum atomic E-state index is -3.94. The predicted molar refractivity (Wildman–Crippen MR) is 113 cm³/mol. The van der Waals surface area contributed by atoms with E-state index in [0.717, 1.165) is 22.4 Å². The number of sulfone groups is 1. The molecule has 1 N–H and O–H groups in total. The van der Waals surface area contributed by atoms with Crippen LogP contribution in [0.4, 0.5) is 5.69 Å². The van der Waals surface area contributed by atoms with Crippen molar-refractivity contribution >= 4 is 21.4 Å². The number of aryl methyl sites for hydroxylation is 1. The number of ether oxygens (including phenoxy) is 2. The minimum absolute atomic E-state index is 0.0451. The Morgan fingerprint density at radius 1 is 1.00 bits per heavy atom. The highest BCUT2D eigenvalue weighted by molar-refractivity contribution is 7.91. The van der Waals surface area contributed by atoms with Crippen LogP contribution in [0.1, 0.15) is 5.56 Å². The van der Waals surface area contributed by atoms with Crippen molar-refractivity contribution < 1.29 is 22.7 Å². The first kappa shape index (κ1) is 22.0. The molecule has 0 fully saturated rings. The highest BCUT2D eigenvalue weighted by Crippen LogP contribution is 2.25. The summed E-state index contributed by atoms with van der Waals surface area (Å²) in [5, 5.41) is 6.19. The molecule has 9 nitrogen and oxygen atoms in total. The number of carbonyl (C=O) groups excluding carboxylic acids is 1. The van der Waals surface area contributed by atoms with Gasteiger partial charge in [0.05, 0.1) is 19.1 Å². The van der Waals surface area contributed by atoms with E-state index in [-0.39, 0.29) is 9.92 Å². The summed E-state index contributed by atoms with van der Waals surface area (Å²) in [6, 6.07) is 13.2. The minimum Gasteiger partial charge on any atom is -0.497 e. The van der Waals surface area contributed by atoms with E-state index in [1.165, 1.54) is 26.4 Å². The van der Waals surface area contributed by atoms with Crippen LogP contribution >= 0.6 is 0 Å². The fourth-order valence-electron chi connectivity index (χ4n) is 2.74. The Kier molecular flexibility index (Phi) is 6.40. The van der Waals surface area contributed by atoms with Gasteiger partial charge in [0.2, 0.25) is 15.7 Å². The molecule has 0 atom stereocenters. The lowest BCUT2D eigenvalue weighted by molar-refractivity contribution is -0.117. The van der Waals surface area contributed by atoms with Crippen molar-refractivity contribution in [2.75, 3.05) is 19.5 Å². The van der Waals surface area contributed by atoms with Crippen LogP contribution < -0.4 is 20.3 Å². The number of anilines is 1. The highest BCUT2D eigenvalue weighted by atomic mass is 32.2. The van der Waals surface area contributed by atoms with Gasteiger partial charge in [-0.25, -0.2) is 13.1 Å². The van der Waals surface area contributed by atoms with Gasteiger partial charge in [-0.1, -0.05) is 17.7 Å². The molecule has 1 heterocycles. The largest absolute Gasteiger partial charge is 0.497 e. The Labute approximate surface area is 179 Å². The first-order valence-corrected chi connectivity index (χ1v) is 10.6. The third kappa shape index (κ3) is 5.10. The van der Waals surface area contributed by atoms with E-state index in [1.54, 1.807) is 30.3 Å². The summed E-state index contributed by atoms with van der Waals surface area (Å²) in [7, 11) is -0.991. The summed E-state index contributed by atoms with van der Waals surface area (Å²) in [6.45, 7) is 1.36. The van der Waals surface area contributed by atoms with Crippen molar-refractivity contribution in [2.45, 2.75) is 23.4 Å². The first-order chi connectivity index (χ1) is 14.7. The maximum Gasteiger partial charge on any atom is 0.267 e. The lowest BCUT2D eigenvalue weighted by Crippen LogP contribution is -2.30. The molecule has 10 heteroatoms. The van der Waals surface area contributed by atoms with E-state index in [9.17, 15) is 18.0 Å². The van der Waals surface area contributed by atoms with Gasteiger partial charge in [-0.3, -0.25) is 9.59 Å². The van der Waals surface area contributed by atoms with Gasteiger partial charge in [0.1, 0.15) is 18.0 Å². The molecular weight excluding hydrogens is 422 g/mol. The number of benzene rings is 2. The van der Waals surface area contributed by atoms with E-state index in [2.05, 4.69) is 10.4 Å². The smallest absolute Gasteiger partial charge is 0.267 e. The van der Waals surface area contributed by atoms with Crippen molar-refractivity contribution in [3.05, 3.63) is 70.5 Å². The third-order valence-corrected chi connectivity index (χ3v) is 6.04. The molecule has 0 unspecified atom stereocenters. The summed E-state index contributed by atoms with van der Waals surface area (Å²) in [6.07, 6.45) is 0. The zero-order valence-electron chi connectivity index (χ0n) is 17.2. The van der Waals surface area contributed by atoms with E-state index in [1.807, 2.05) is 6.92 Å². The Hall–Kier alpha value is -3.66. The second-order valence-corrected chi connectivity index (χ2v) is 8.53. The molecule has 0 bridgehead atoms. The maximum atomic E-state index is 12.8. The van der Waals surface area contributed by atoms with E-state index in [4.69, 9.17) is 9.47 Å². The van der Waals surface area contributed by atoms with Crippen LogP contribution in [0.15, 0.2) is 69.3 Å². The zero-order valence-corrected chi connectivity index (χ0v) is 18.0. The number of hydrogen-bond donors (Lipinski definition) is 1. The van der Waals surface area contributed by atoms with Gasteiger partial charge in [0, 0.05) is 30.0 Å². The first-order valence-electron chi connectivity index (χ1n) is 9.16. The molecule has 31 heavy (non-hydrogen) atoms. The molecule has 0 saturated carbocycles. The molecule has 0 saturated heterocycles.